The first kappa shape index (κ1) is 19.0. The van der Waals surface area contributed by atoms with Gasteiger partial charge in [-0.3, -0.25) is 9.78 Å². The summed E-state index contributed by atoms with van der Waals surface area (Å²) in [4.78, 5) is 20.9. The van der Waals surface area contributed by atoms with E-state index in [0.717, 1.165) is 0 Å². The number of alkyl halides is 1. The number of carbonyl (C=O) groups is 1. The number of ketones is 1. The summed E-state index contributed by atoms with van der Waals surface area (Å²) in [6.07, 6.45) is 1.57. The van der Waals surface area contributed by atoms with Gasteiger partial charge in [0.2, 0.25) is 0 Å². The van der Waals surface area contributed by atoms with E-state index in [-0.39, 0.29) is 41.5 Å². The fourth-order valence-electron chi connectivity index (χ4n) is 3.94. The maximum Gasteiger partial charge on any atom is 0.283 e. The zero-order valence-corrected chi connectivity index (χ0v) is 15.7. The molecule has 1 saturated carbocycles. The molecule has 29 heavy (non-hydrogen) atoms. The third-order valence-electron chi connectivity index (χ3n) is 5.46. The number of Topliss-reactive ketones (excluding diaryl/α,β-unsaturated/α-hetero) is 1. The lowest BCUT2D eigenvalue weighted by atomic mass is 9.84. The second-order valence-electron chi connectivity index (χ2n) is 7.42. The molecule has 3 atom stereocenters. The largest absolute Gasteiger partial charge is 0.462 e. The number of hydrogen-bond acceptors (Lipinski definition) is 6. The van der Waals surface area contributed by atoms with E-state index in [1.54, 1.807) is 13.0 Å². The van der Waals surface area contributed by atoms with Crippen molar-refractivity contribution in [2.45, 2.75) is 31.4 Å². The standard InChI is InChI=1S/C21H18F2N4O2/c1-11-4-13(8-24)9-26-19(11)17(28)6-12-2-3-16(23)14(5-12)21(10-22)15-7-18(15)29-20(25)27-21/h2-5,9,15,18H,6-7,10H2,1H3,(H2,25,27)/t15-,18+,21+/m0/s1. The predicted octanol–water partition coefficient (Wildman–Crippen LogP) is 2.72. The number of pyridine rings is 1. The summed E-state index contributed by atoms with van der Waals surface area (Å²) in [7, 11) is 0. The Balaban J connectivity index is 1.67. The van der Waals surface area contributed by atoms with Gasteiger partial charge in [-0.25, -0.2) is 13.8 Å². The number of amidine groups is 1. The Morgan fingerprint density at radius 1 is 1.45 bits per heavy atom. The van der Waals surface area contributed by atoms with Crippen molar-refractivity contribution >= 4 is 11.8 Å². The molecule has 1 aromatic carbocycles. The molecule has 1 aliphatic carbocycles. The van der Waals surface area contributed by atoms with Crippen molar-refractivity contribution < 1.29 is 18.3 Å². The Morgan fingerprint density at radius 3 is 2.93 bits per heavy atom. The number of fused-ring (bicyclic) bond motifs is 1. The van der Waals surface area contributed by atoms with Gasteiger partial charge in [-0.05, 0) is 42.7 Å². The highest BCUT2D eigenvalue weighted by Crippen LogP contribution is 2.53. The van der Waals surface area contributed by atoms with Gasteiger partial charge in [0.1, 0.15) is 35.9 Å². The number of rotatable bonds is 5. The molecule has 1 aliphatic heterocycles. The van der Waals surface area contributed by atoms with Crippen LogP contribution in [0.25, 0.3) is 0 Å². The summed E-state index contributed by atoms with van der Waals surface area (Å²) in [6, 6.07) is 7.58. The molecule has 2 aromatic rings. The number of nitriles is 1. The van der Waals surface area contributed by atoms with E-state index in [4.69, 9.17) is 15.7 Å². The normalized spacial score (nSPS) is 24.7. The molecular formula is C21H18F2N4O2. The third kappa shape index (κ3) is 3.23. The lowest BCUT2D eigenvalue weighted by molar-refractivity contribution is 0.0987. The minimum atomic E-state index is -1.43. The highest BCUT2D eigenvalue weighted by Gasteiger charge is 2.60. The van der Waals surface area contributed by atoms with Crippen LogP contribution in [0.5, 0.6) is 0 Å². The number of benzene rings is 1. The first-order chi connectivity index (χ1) is 13.9. The summed E-state index contributed by atoms with van der Waals surface area (Å²) >= 11 is 0. The number of hydrogen-bond donors (Lipinski definition) is 1. The molecule has 4 rings (SSSR count). The van der Waals surface area contributed by atoms with E-state index in [1.807, 2.05) is 6.07 Å². The average Bonchev–Trinajstić information content (AvgIpc) is 3.48. The van der Waals surface area contributed by atoms with E-state index < -0.39 is 18.0 Å². The molecule has 6 nitrogen and oxygen atoms in total. The first-order valence-corrected chi connectivity index (χ1v) is 9.14. The number of aromatic nitrogens is 1. The van der Waals surface area contributed by atoms with Gasteiger partial charge in [-0.1, -0.05) is 6.07 Å². The number of ether oxygens (including phenoxy) is 1. The fraction of sp³-hybridized carbons (Fsp3) is 0.333. The fourth-order valence-corrected chi connectivity index (χ4v) is 3.94. The number of aryl methyl sites for hydroxylation is 1. The molecular weight excluding hydrogens is 378 g/mol. The van der Waals surface area contributed by atoms with Crippen molar-refractivity contribution in [3.8, 4) is 6.07 Å². The third-order valence-corrected chi connectivity index (χ3v) is 5.46. The molecule has 2 N–H and O–H groups in total. The second-order valence-corrected chi connectivity index (χ2v) is 7.42. The zero-order valence-electron chi connectivity index (χ0n) is 15.7. The van der Waals surface area contributed by atoms with Gasteiger partial charge in [0.25, 0.3) is 6.02 Å². The van der Waals surface area contributed by atoms with Crippen molar-refractivity contribution in [1.29, 1.82) is 5.26 Å². The number of aliphatic imine (C=N–C) groups is 1. The van der Waals surface area contributed by atoms with Crippen molar-refractivity contribution in [2.75, 3.05) is 6.67 Å². The number of halogens is 2. The lowest BCUT2D eigenvalue weighted by Gasteiger charge is -2.31. The van der Waals surface area contributed by atoms with Crippen LogP contribution in [0.15, 0.2) is 35.5 Å². The number of nitrogens with zero attached hydrogens (tertiary/aromatic N) is 3. The van der Waals surface area contributed by atoms with Crippen LogP contribution in [0, 0.1) is 30.0 Å². The SMILES string of the molecule is Cc1cc(C#N)cnc1C(=O)Cc1ccc(F)c([C@@]2(CF)N=C(N)O[C@@H]3C[C@@H]32)c1. The Hall–Kier alpha value is -3.34. The number of nitrogens with two attached hydrogens (primary N) is 1. The monoisotopic (exact) mass is 396 g/mol. The molecule has 0 amide bonds. The minimum absolute atomic E-state index is 0.0425. The number of carbonyl (C=O) groups excluding carboxylic acids is 1. The average molecular weight is 396 g/mol. The van der Waals surface area contributed by atoms with Crippen LogP contribution in [0.2, 0.25) is 0 Å². The van der Waals surface area contributed by atoms with Crippen LogP contribution in [-0.2, 0) is 16.7 Å². The highest BCUT2D eigenvalue weighted by molar-refractivity contribution is 5.97. The first-order valence-electron chi connectivity index (χ1n) is 9.14. The van der Waals surface area contributed by atoms with Crippen LogP contribution in [0.4, 0.5) is 8.78 Å². The van der Waals surface area contributed by atoms with Crippen molar-refractivity contribution in [3.05, 3.63) is 64.2 Å². The Labute approximate surface area is 166 Å². The van der Waals surface area contributed by atoms with Gasteiger partial charge in [0.05, 0.1) is 5.56 Å². The molecule has 2 aliphatic rings. The molecule has 0 saturated heterocycles. The van der Waals surface area contributed by atoms with Crippen LogP contribution >= 0.6 is 0 Å². The molecule has 1 fully saturated rings. The van der Waals surface area contributed by atoms with E-state index >= 15 is 0 Å². The summed E-state index contributed by atoms with van der Waals surface area (Å²) in [5.74, 6) is -1.17. The van der Waals surface area contributed by atoms with Crippen LogP contribution in [0.1, 0.15) is 39.2 Å². The van der Waals surface area contributed by atoms with Gasteiger partial charge in [-0.2, -0.15) is 5.26 Å². The Bertz CT molecular complexity index is 1080. The van der Waals surface area contributed by atoms with Crippen molar-refractivity contribution in [2.24, 2.45) is 16.6 Å². The van der Waals surface area contributed by atoms with E-state index in [1.165, 1.54) is 24.4 Å². The zero-order chi connectivity index (χ0) is 20.8. The van der Waals surface area contributed by atoms with Gasteiger partial charge < -0.3 is 10.5 Å². The van der Waals surface area contributed by atoms with E-state index in [9.17, 15) is 13.6 Å². The lowest BCUT2D eigenvalue weighted by Crippen LogP contribution is -2.39. The van der Waals surface area contributed by atoms with Crippen LogP contribution < -0.4 is 5.73 Å². The molecule has 0 bridgehead atoms. The van der Waals surface area contributed by atoms with Crippen LogP contribution in [-0.4, -0.2) is 29.6 Å². The topological polar surface area (TPSA) is 101 Å². The van der Waals surface area contributed by atoms with E-state index in [2.05, 4.69) is 9.98 Å². The molecule has 2 heterocycles. The maximum absolute atomic E-state index is 14.7. The van der Waals surface area contributed by atoms with Gasteiger partial charge in [0.15, 0.2) is 5.78 Å². The molecule has 0 radical (unpaired) electrons. The van der Waals surface area contributed by atoms with Gasteiger partial charge >= 0.3 is 0 Å². The molecule has 8 heteroatoms. The Kier molecular flexibility index (Phi) is 4.53. The summed E-state index contributed by atoms with van der Waals surface area (Å²) in [5.41, 5.74) is 6.03. The molecule has 0 spiro atoms. The highest BCUT2D eigenvalue weighted by atomic mass is 19.1. The quantitative estimate of drug-likeness (QED) is 0.783. The molecule has 1 aromatic heterocycles. The minimum Gasteiger partial charge on any atom is -0.462 e. The Morgan fingerprint density at radius 2 is 2.24 bits per heavy atom. The van der Waals surface area contributed by atoms with E-state index in [0.29, 0.717) is 23.1 Å². The van der Waals surface area contributed by atoms with Gasteiger partial charge in [0, 0.05) is 24.1 Å². The van der Waals surface area contributed by atoms with Gasteiger partial charge in [-0.15, -0.1) is 0 Å². The maximum atomic E-state index is 14.7. The van der Waals surface area contributed by atoms with Crippen molar-refractivity contribution in [1.82, 2.24) is 4.98 Å². The summed E-state index contributed by atoms with van der Waals surface area (Å²) in [5, 5.41) is 8.93. The summed E-state index contributed by atoms with van der Waals surface area (Å²) < 4.78 is 34.1. The van der Waals surface area contributed by atoms with Crippen molar-refractivity contribution in [3.63, 3.8) is 0 Å². The predicted molar refractivity (Wildman–Crippen MR) is 100 cm³/mol. The second kappa shape index (κ2) is 6.92. The van der Waals surface area contributed by atoms with Crippen LogP contribution in [0.3, 0.4) is 0 Å². The smallest absolute Gasteiger partial charge is 0.283 e. The molecule has 0 unspecified atom stereocenters. The summed E-state index contributed by atoms with van der Waals surface area (Å²) in [6.45, 7) is 0.783. The molecule has 148 valence electrons.